The van der Waals surface area contributed by atoms with Crippen molar-refractivity contribution in [3.05, 3.63) is 0 Å². The van der Waals surface area contributed by atoms with Gasteiger partial charge in [-0.1, -0.05) is 0 Å². The molecule has 0 radical (unpaired) electrons. The van der Waals surface area contributed by atoms with E-state index in [4.69, 9.17) is 4.74 Å². The molecule has 0 aromatic rings. The highest BCUT2D eigenvalue weighted by atomic mass is 32.2. The number of methoxy groups -OCH3 is 1. The zero-order valence-electron chi connectivity index (χ0n) is 9.47. The molecule has 2 nitrogen and oxygen atoms in total. The number of hydrogen-bond donors (Lipinski definition) is 1. The van der Waals surface area contributed by atoms with Crippen molar-refractivity contribution in [2.24, 2.45) is 0 Å². The molecule has 0 amide bonds. The van der Waals surface area contributed by atoms with Crippen molar-refractivity contribution in [3.63, 3.8) is 0 Å². The van der Waals surface area contributed by atoms with Gasteiger partial charge in [-0.3, -0.25) is 0 Å². The van der Waals surface area contributed by atoms with E-state index in [2.05, 4.69) is 24.0 Å². The third-order valence-electron chi connectivity index (χ3n) is 2.75. The lowest BCUT2D eigenvalue weighted by Crippen LogP contribution is -2.33. The molecule has 0 aromatic heterocycles. The van der Waals surface area contributed by atoms with Gasteiger partial charge in [0.05, 0.1) is 0 Å². The van der Waals surface area contributed by atoms with E-state index in [1.165, 1.54) is 38.0 Å². The van der Waals surface area contributed by atoms with E-state index in [0.717, 1.165) is 13.2 Å². The minimum Gasteiger partial charge on any atom is -0.385 e. The van der Waals surface area contributed by atoms with Crippen molar-refractivity contribution in [2.45, 2.75) is 37.4 Å². The summed E-state index contributed by atoms with van der Waals surface area (Å²) in [5.74, 6) is 1.35. The molecule has 84 valence electrons. The Balaban J connectivity index is 1.92. The van der Waals surface area contributed by atoms with Gasteiger partial charge in [-0.15, -0.1) is 0 Å². The Morgan fingerprint density at radius 2 is 2.29 bits per heavy atom. The Morgan fingerprint density at radius 1 is 1.43 bits per heavy atom. The second-order valence-corrected chi connectivity index (χ2v) is 5.96. The van der Waals surface area contributed by atoms with Crippen molar-refractivity contribution < 1.29 is 4.74 Å². The molecule has 0 saturated carbocycles. The summed E-state index contributed by atoms with van der Waals surface area (Å²) in [5.41, 5.74) is 0. The fraction of sp³-hybridized carbons (Fsp3) is 1.00. The van der Waals surface area contributed by atoms with Crippen molar-refractivity contribution in [2.75, 3.05) is 32.6 Å². The lowest BCUT2D eigenvalue weighted by Gasteiger charge is -2.22. The maximum absolute atomic E-state index is 5.01. The van der Waals surface area contributed by atoms with Crippen LogP contribution in [0.4, 0.5) is 0 Å². The summed E-state index contributed by atoms with van der Waals surface area (Å²) < 4.78 is 5.52. The van der Waals surface area contributed by atoms with E-state index in [0.29, 0.717) is 4.75 Å². The number of ether oxygens (including phenoxy) is 1. The number of thioether (sulfide) groups is 1. The molecule has 1 aliphatic heterocycles. The van der Waals surface area contributed by atoms with Crippen LogP contribution < -0.4 is 5.32 Å². The van der Waals surface area contributed by atoms with Crippen LogP contribution in [0.25, 0.3) is 0 Å². The largest absolute Gasteiger partial charge is 0.385 e. The van der Waals surface area contributed by atoms with Gasteiger partial charge in [-0.2, -0.15) is 11.8 Å². The molecule has 14 heavy (non-hydrogen) atoms. The highest BCUT2D eigenvalue weighted by Gasteiger charge is 2.28. The average molecular weight is 217 g/mol. The van der Waals surface area contributed by atoms with Crippen molar-refractivity contribution in [1.82, 2.24) is 5.32 Å². The number of hydrogen-bond acceptors (Lipinski definition) is 3. The van der Waals surface area contributed by atoms with Crippen molar-refractivity contribution in [3.8, 4) is 0 Å². The second-order valence-electron chi connectivity index (χ2n) is 4.28. The third kappa shape index (κ3) is 4.67. The van der Waals surface area contributed by atoms with Gasteiger partial charge in [-0.25, -0.2) is 0 Å². The Hall–Kier alpha value is 0.270. The van der Waals surface area contributed by atoms with Gasteiger partial charge in [0.2, 0.25) is 0 Å². The highest BCUT2D eigenvalue weighted by molar-refractivity contribution is 8.00. The number of rotatable bonds is 7. The SMILES string of the molecule is COCCCCNCC1(C)CCCS1. The van der Waals surface area contributed by atoms with E-state index < -0.39 is 0 Å². The molecule has 0 aliphatic carbocycles. The van der Waals surface area contributed by atoms with E-state index in [1.54, 1.807) is 7.11 Å². The molecule has 1 rings (SSSR count). The maximum Gasteiger partial charge on any atom is 0.0462 e. The van der Waals surface area contributed by atoms with E-state index in [9.17, 15) is 0 Å². The van der Waals surface area contributed by atoms with Crippen LogP contribution in [0.1, 0.15) is 32.6 Å². The molecule has 1 N–H and O–H groups in total. The molecule has 1 aliphatic rings. The van der Waals surface area contributed by atoms with Gasteiger partial charge in [0.1, 0.15) is 0 Å². The first kappa shape index (κ1) is 12.3. The van der Waals surface area contributed by atoms with Crippen LogP contribution in [0, 0.1) is 0 Å². The first-order chi connectivity index (χ1) is 6.77. The fourth-order valence-electron chi connectivity index (χ4n) is 1.83. The summed E-state index contributed by atoms with van der Waals surface area (Å²) in [4.78, 5) is 0. The van der Waals surface area contributed by atoms with Crippen LogP contribution in [0.3, 0.4) is 0 Å². The van der Waals surface area contributed by atoms with Crippen LogP contribution in [0.5, 0.6) is 0 Å². The fourth-order valence-corrected chi connectivity index (χ4v) is 3.10. The standard InChI is InChI=1S/C11H23NOS/c1-11(6-5-9-14-11)10-12-7-3-4-8-13-2/h12H,3-10H2,1-2H3. The van der Waals surface area contributed by atoms with Gasteiger partial charge in [-0.05, 0) is 44.9 Å². The first-order valence-corrected chi connectivity index (χ1v) is 6.59. The molecule has 0 bridgehead atoms. The minimum atomic E-state index is 0.515. The van der Waals surface area contributed by atoms with Crippen LogP contribution in [0.15, 0.2) is 0 Å². The molecule has 1 atom stereocenters. The Bertz CT molecular complexity index is 146. The third-order valence-corrected chi connectivity index (χ3v) is 4.29. The van der Waals surface area contributed by atoms with Gasteiger partial charge >= 0.3 is 0 Å². The summed E-state index contributed by atoms with van der Waals surface area (Å²) in [6.07, 6.45) is 5.18. The lowest BCUT2D eigenvalue weighted by atomic mass is 10.1. The monoisotopic (exact) mass is 217 g/mol. The molecular weight excluding hydrogens is 194 g/mol. The minimum absolute atomic E-state index is 0.515. The molecule has 3 heteroatoms. The quantitative estimate of drug-likeness (QED) is 0.661. The molecular formula is C11H23NOS. The summed E-state index contributed by atoms with van der Waals surface area (Å²) >= 11 is 2.13. The molecule has 0 aromatic carbocycles. The zero-order valence-corrected chi connectivity index (χ0v) is 10.3. The van der Waals surface area contributed by atoms with Crippen LogP contribution in [-0.4, -0.2) is 37.3 Å². The number of nitrogens with one attached hydrogen (secondary N) is 1. The first-order valence-electron chi connectivity index (χ1n) is 5.60. The maximum atomic E-state index is 5.01. The van der Waals surface area contributed by atoms with Gasteiger partial charge < -0.3 is 10.1 Å². The summed E-state index contributed by atoms with van der Waals surface area (Å²) in [6.45, 7) is 5.59. The Labute approximate surface area is 92.2 Å². The van der Waals surface area contributed by atoms with Crippen LogP contribution in [-0.2, 0) is 4.74 Å². The zero-order chi connectivity index (χ0) is 10.3. The van der Waals surface area contributed by atoms with E-state index in [-0.39, 0.29) is 0 Å². The van der Waals surface area contributed by atoms with Gasteiger partial charge in [0.25, 0.3) is 0 Å². The number of unbranched alkanes of at least 4 members (excludes halogenated alkanes) is 1. The predicted molar refractivity (Wildman–Crippen MR) is 64.1 cm³/mol. The van der Waals surface area contributed by atoms with Gasteiger partial charge in [0.15, 0.2) is 0 Å². The molecule has 1 saturated heterocycles. The van der Waals surface area contributed by atoms with Crippen molar-refractivity contribution >= 4 is 11.8 Å². The summed E-state index contributed by atoms with van der Waals surface area (Å²) in [6, 6.07) is 0. The van der Waals surface area contributed by atoms with Gasteiger partial charge in [0, 0.05) is 25.0 Å². The smallest absolute Gasteiger partial charge is 0.0462 e. The van der Waals surface area contributed by atoms with E-state index >= 15 is 0 Å². The molecule has 1 heterocycles. The second kappa shape index (κ2) is 6.70. The average Bonchev–Trinajstić information content (AvgIpc) is 2.59. The van der Waals surface area contributed by atoms with E-state index in [1.807, 2.05) is 0 Å². The predicted octanol–water partition coefficient (Wildman–Crippen LogP) is 2.29. The Kier molecular flexibility index (Phi) is 5.90. The summed E-state index contributed by atoms with van der Waals surface area (Å²) in [7, 11) is 1.77. The Morgan fingerprint density at radius 3 is 2.93 bits per heavy atom. The molecule has 0 spiro atoms. The van der Waals surface area contributed by atoms with Crippen LogP contribution >= 0.6 is 11.8 Å². The van der Waals surface area contributed by atoms with Crippen molar-refractivity contribution in [1.29, 1.82) is 0 Å². The molecule has 1 fully saturated rings. The topological polar surface area (TPSA) is 21.3 Å². The van der Waals surface area contributed by atoms with Crippen LogP contribution in [0.2, 0.25) is 0 Å². The molecule has 1 unspecified atom stereocenters. The lowest BCUT2D eigenvalue weighted by molar-refractivity contribution is 0.192. The highest BCUT2D eigenvalue weighted by Crippen LogP contribution is 2.36. The summed E-state index contributed by atoms with van der Waals surface area (Å²) in [5, 5.41) is 3.55. The normalized spacial score (nSPS) is 27.0.